The van der Waals surface area contributed by atoms with Gasteiger partial charge in [0.1, 0.15) is 5.75 Å². The summed E-state index contributed by atoms with van der Waals surface area (Å²) in [6.45, 7) is 10.1. The van der Waals surface area contributed by atoms with Gasteiger partial charge in [-0.2, -0.15) is 0 Å². The van der Waals surface area contributed by atoms with Crippen LogP contribution >= 0.6 is 11.6 Å². The second kappa shape index (κ2) is 7.51. The Hall–Kier alpha value is -1.06. The van der Waals surface area contributed by atoms with E-state index < -0.39 is 0 Å². The highest BCUT2D eigenvalue weighted by Crippen LogP contribution is 2.24. The second-order valence-corrected chi connectivity index (χ2v) is 5.13. The molecular weight excluding hydrogens is 262 g/mol. The first-order valence-corrected chi connectivity index (χ1v) is 7.07. The van der Waals surface area contributed by atoms with Gasteiger partial charge in [-0.1, -0.05) is 25.4 Å². The van der Waals surface area contributed by atoms with Crippen molar-refractivity contribution in [1.29, 1.82) is 0 Å². The molecule has 0 radical (unpaired) electrons. The maximum atomic E-state index is 12.3. The molecule has 0 aromatic heterocycles. The highest BCUT2D eigenvalue weighted by Gasteiger charge is 2.16. The first-order chi connectivity index (χ1) is 8.97. The molecule has 0 N–H and O–H groups in total. The third-order valence-electron chi connectivity index (χ3n) is 2.87. The molecule has 1 rings (SSSR count). The molecule has 0 bridgehead atoms. The Kier molecular flexibility index (Phi) is 6.32. The van der Waals surface area contributed by atoms with Crippen molar-refractivity contribution < 1.29 is 9.53 Å². The molecule has 106 valence electrons. The lowest BCUT2D eigenvalue weighted by Crippen LogP contribution is -2.29. The number of Topliss-reactive ketones (excluding diaryl/α,β-unsaturated/α-hetero) is 1. The third kappa shape index (κ3) is 4.84. The molecule has 0 fully saturated rings. The van der Waals surface area contributed by atoms with Gasteiger partial charge in [0.25, 0.3) is 0 Å². The fourth-order valence-electron chi connectivity index (χ4n) is 1.81. The minimum atomic E-state index is 0.0289. The van der Waals surface area contributed by atoms with E-state index in [1.54, 1.807) is 18.2 Å². The van der Waals surface area contributed by atoms with Gasteiger partial charge in [-0.15, -0.1) is 0 Å². The molecule has 0 aliphatic rings. The predicted molar refractivity (Wildman–Crippen MR) is 79.3 cm³/mol. The summed E-state index contributed by atoms with van der Waals surface area (Å²) in [5, 5.41) is 0.555. The Balaban J connectivity index is 2.96. The van der Waals surface area contributed by atoms with Crippen LogP contribution in [-0.4, -0.2) is 36.4 Å². The van der Waals surface area contributed by atoms with Crippen molar-refractivity contribution in [2.45, 2.75) is 33.8 Å². The van der Waals surface area contributed by atoms with Crippen molar-refractivity contribution in [3.05, 3.63) is 28.8 Å². The number of nitrogens with zero attached hydrogens (tertiary/aromatic N) is 1. The number of hydrogen-bond acceptors (Lipinski definition) is 3. The molecular formula is C15H22ClNO2. The number of carbonyl (C=O) groups excluding carboxylic acids is 1. The number of likely N-dealkylation sites (N-methyl/N-ethyl adjacent to an activating group) is 1. The van der Waals surface area contributed by atoms with Crippen molar-refractivity contribution >= 4 is 17.4 Å². The topological polar surface area (TPSA) is 29.5 Å². The number of rotatable bonds is 7. The zero-order chi connectivity index (χ0) is 14.4. The summed E-state index contributed by atoms with van der Waals surface area (Å²) in [5.41, 5.74) is 0.563. The van der Waals surface area contributed by atoms with Gasteiger partial charge < -0.3 is 4.74 Å². The van der Waals surface area contributed by atoms with Gasteiger partial charge in [-0.25, -0.2) is 0 Å². The molecule has 0 saturated carbocycles. The molecule has 1 aromatic rings. The van der Waals surface area contributed by atoms with Crippen LogP contribution in [0.3, 0.4) is 0 Å². The Labute approximate surface area is 120 Å². The highest BCUT2D eigenvalue weighted by molar-refractivity contribution is 6.31. The van der Waals surface area contributed by atoms with Crippen LogP contribution in [0.15, 0.2) is 18.2 Å². The van der Waals surface area contributed by atoms with Crippen molar-refractivity contribution in [2.75, 3.05) is 19.6 Å². The molecule has 3 nitrogen and oxygen atoms in total. The summed E-state index contributed by atoms with van der Waals surface area (Å²) in [4.78, 5) is 14.4. The highest BCUT2D eigenvalue weighted by atomic mass is 35.5. The summed E-state index contributed by atoms with van der Waals surface area (Å²) < 4.78 is 5.67. The lowest BCUT2D eigenvalue weighted by Gasteiger charge is -2.19. The summed E-state index contributed by atoms with van der Waals surface area (Å²) in [5.74, 6) is 0.651. The lowest BCUT2D eigenvalue weighted by atomic mass is 10.1. The molecule has 0 saturated heterocycles. The van der Waals surface area contributed by atoms with Crippen LogP contribution in [0, 0.1) is 0 Å². The molecule has 0 aliphatic carbocycles. The summed E-state index contributed by atoms with van der Waals surface area (Å²) in [7, 11) is 0. The first-order valence-electron chi connectivity index (χ1n) is 6.69. The quantitative estimate of drug-likeness (QED) is 0.716. The summed E-state index contributed by atoms with van der Waals surface area (Å²) in [6, 6.07) is 5.19. The maximum absolute atomic E-state index is 12.3. The first kappa shape index (κ1) is 16.0. The van der Waals surface area contributed by atoms with Crippen molar-refractivity contribution in [1.82, 2.24) is 4.90 Å². The van der Waals surface area contributed by atoms with E-state index in [4.69, 9.17) is 16.3 Å². The van der Waals surface area contributed by atoms with Gasteiger partial charge in [0.05, 0.1) is 18.2 Å². The molecule has 0 unspecified atom stereocenters. The largest absolute Gasteiger partial charge is 0.490 e. The van der Waals surface area contributed by atoms with Gasteiger partial charge in [-0.05, 0) is 45.1 Å². The maximum Gasteiger partial charge on any atom is 0.180 e. The zero-order valence-corrected chi connectivity index (χ0v) is 12.8. The van der Waals surface area contributed by atoms with Crippen molar-refractivity contribution in [2.24, 2.45) is 0 Å². The van der Waals surface area contributed by atoms with E-state index >= 15 is 0 Å². The van der Waals surface area contributed by atoms with Crippen LogP contribution in [0.2, 0.25) is 5.02 Å². The van der Waals surface area contributed by atoms with Crippen LogP contribution in [0.4, 0.5) is 0 Å². The number of halogens is 1. The Morgan fingerprint density at radius 3 is 2.47 bits per heavy atom. The van der Waals surface area contributed by atoms with Gasteiger partial charge >= 0.3 is 0 Å². The molecule has 1 aromatic carbocycles. The van der Waals surface area contributed by atoms with E-state index in [1.807, 2.05) is 27.7 Å². The smallest absolute Gasteiger partial charge is 0.180 e. The van der Waals surface area contributed by atoms with E-state index in [0.29, 0.717) is 22.9 Å². The number of hydrogen-bond donors (Lipinski definition) is 0. The van der Waals surface area contributed by atoms with E-state index in [9.17, 15) is 4.79 Å². The predicted octanol–water partition coefficient (Wildman–Crippen LogP) is 3.65. The summed E-state index contributed by atoms with van der Waals surface area (Å²) in [6.07, 6.45) is 0.0289. The normalized spacial score (nSPS) is 11.1. The minimum Gasteiger partial charge on any atom is -0.490 e. The number of benzene rings is 1. The fraction of sp³-hybridized carbons (Fsp3) is 0.533. The van der Waals surface area contributed by atoms with Crippen molar-refractivity contribution in [3.8, 4) is 5.75 Å². The molecule has 0 aliphatic heterocycles. The Morgan fingerprint density at radius 2 is 1.95 bits per heavy atom. The SMILES string of the molecule is CCN(CC)CC(=O)c1cc(Cl)ccc1OC(C)C. The average molecular weight is 284 g/mol. The van der Waals surface area contributed by atoms with E-state index in [1.165, 1.54) is 0 Å². The third-order valence-corrected chi connectivity index (χ3v) is 3.10. The van der Waals surface area contributed by atoms with Crippen LogP contribution in [0.5, 0.6) is 5.75 Å². The molecule has 0 spiro atoms. The molecule has 0 amide bonds. The Morgan fingerprint density at radius 1 is 1.32 bits per heavy atom. The van der Waals surface area contributed by atoms with E-state index in [0.717, 1.165) is 13.1 Å². The minimum absolute atomic E-state index is 0.0289. The van der Waals surface area contributed by atoms with Crippen LogP contribution in [0.1, 0.15) is 38.1 Å². The van der Waals surface area contributed by atoms with Crippen LogP contribution in [-0.2, 0) is 0 Å². The standard InChI is InChI=1S/C15H22ClNO2/c1-5-17(6-2)10-14(18)13-9-12(16)7-8-15(13)19-11(3)4/h7-9,11H,5-6,10H2,1-4H3. The molecule has 19 heavy (non-hydrogen) atoms. The van der Waals surface area contributed by atoms with E-state index in [-0.39, 0.29) is 11.9 Å². The van der Waals surface area contributed by atoms with E-state index in [2.05, 4.69) is 4.90 Å². The van der Waals surface area contributed by atoms with Gasteiger partial charge in [0, 0.05) is 5.02 Å². The second-order valence-electron chi connectivity index (χ2n) is 4.69. The average Bonchev–Trinajstić information content (AvgIpc) is 2.37. The van der Waals surface area contributed by atoms with Crippen LogP contribution < -0.4 is 4.74 Å². The monoisotopic (exact) mass is 283 g/mol. The zero-order valence-electron chi connectivity index (χ0n) is 12.1. The van der Waals surface area contributed by atoms with Gasteiger partial charge in [0.2, 0.25) is 0 Å². The van der Waals surface area contributed by atoms with Gasteiger partial charge in [0.15, 0.2) is 5.78 Å². The van der Waals surface area contributed by atoms with Crippen molar-refractivity contribution in [3.63, 3.8) is 0 Å². The lowest BCUT2D eigenvalue weighted by molar-refractivity contribution is 0.0931. The Bertz CT molecular complexity index is 428. The fourth-order valence-corrected chi connectivity index (χ4v) is 1.98. The van der Waals surface area contributed by atoms with Crippen LogP contribution in [0.25, 0.3) is 0 Å². The number of ketones is 1. The molecule has 0 heterocycles. The molecule has 0 atom stereocenters. The molecule has 4 heteroatoms. The number of ether oxygens (including phenoxy) is 1. The van der Waals surface area contributed by atoms with Gasteiger partial charge in [-0.3, -0.25) is 9.69 Å². The number of carbonyl (C=O) groups is 1. The summed E-state index contributed by atoms with van der Waals surface area (Å²) >= 11 is 5.98.